The van der Waals surface area contributed by atoms with Gasteiger partial charge in [-0.2, -0.15) is 24.9 Å². The third-order valence-electron chi connectivity index (χ3n) is 2.94. The molecule has 1 aliphatic rings. The second-order valence-corrected chi connectivity index (χ2v) is 5.36. The van der Waals surface area contributed by atoms with Crippen molar-refractivity contribution in [3.63, 3.8) is 0 Å². The van der Waals surface area contributed by atoms with E-state index in [-0.39, 0.29) is 5.69 Å². The molecule has 0 spiro atoms. The Hall–Kier alpha value is -1.70. The first-order valence-corrected chi connectivity index (χ1v) is 7.44. The molecular weight excluding hydrogens is 307 g/mol. The normalized spacial score (nSPS) is 19.0. The van der Waals surface area contributed by atoms with Crippen molar-refractivity contribution in [3.05, 3.63) is 29.8 Å². The number of carbonyl (C=O) groups is 2. The minimum atomic E-state index is -4.54. The van der Waals surface area contributed by atoms with E-state index in [2.05, 4.69) is 0 Å². The van der Waals surface area contributed by atoms with Gasteiger partial charge < -0.3 is 4.74 Å². The second-order valence-electron chi connectivity index (χ2n) is 4.38. The second kappa shape index (κ2) is 5.97. The number of rotatable bonds is 4. The highest BCUT2D eigenvalue weighted by atomic mass is 32.2. The Bertz CT molecular complexity index is 562. The lowest BCUT2D eigenvalue weighted by atomic mass is 10.1. The molecular formula is C13H12F3NO3S. The Morgan fingerprint density at radius 2 is 2.05 bits per heavy atom. The number of imide groups is 1. The molecule has 0 aromatic heterocycles. The van der Waals surface area contributed by atoms with Crippen molar-refractivity contribution in [2.75, 3.05) is 16.9 Å². The van der Waals surface area contributed by atoms with E-state index in [1.165, 1.54) is 17.8 Å². The number of hydrogen-bond acceptors (Lipinski definition) is 4. The van der Waals surface area contributed by atoms with Crippen LogP contribution in [0, 0.1) is 0 Å². The van der Waals surface area contributed by atoms with E-state index in [1.807, 2.05) is 6.26 Å². The molecule has 21 heavy (non-hydrogen) atoms. The van der Waals surface area contributed by atoms with Crippen LogP contribution in [0.5, 0.6) is 0 Å². The first-order chi connectivity index (χ1) is 9.84. The van der Waals surface area contributed by atoms with E-state index in [0.29, 0.717) is 17.1 Å². The summed E-state index contributed by atoms with van der Waals surface area (Å²) in [6, 6.07) is 4.05. The van der Waals surface area contributed by atoms with E-state index < -0.39 is 29.8 Å². The Labute approximate surface area is 123 Å². The molecule has 0 saturated carbocycles. The van der Waals surface area contributed by atoms with Gasteiger partial charge in [-0.15, -0.1) is 0 Å². The number of amides is 2. The number of halogens is 3. The summed E-state index contributed by atoms with van der Waals surface area (Å²) in [6.45, 7) is 0. The molecule has 1 aromatic carbocycles. The van der Waals surface area contributed by atoms with Crippen molar-refractivity contribution < 1.29 is 27.5 Å². The van der Waals surface area contributed by atoms with Crippen LogP contribution >= 0.6 is 11.8 Å². The number of carbonyl (C=O) groups excluding carboxylic acids is 2. The molecule has 1 fully saturated rings. The Balaban J connectivity index is 2.26. The molecule has 8 heteroatoms. The number of hydrogen-bond donors (Lipinski definition) is 0. The van der Waals surface area contributed by atoms with Gasteiger partial charge in [-0.3, -0.25) is 4.79 Å². The van der Waals surface area contributed by atoms with Crippen molar-refractivity contribution in [2.24, 2.45) is 0 Å². The molecule has 0 aliphatic carbocycles. The highest BCUT2D eigenvalue weighted by Crippen LogP contribution is 2.33. The number of cyclic esters (lactones) is 1. The molecule has 1 heterocycles. The molecule has 0 N–H and O–H groups in total. The van der Waals surface area contributed by atoms with Crippen LogP contribution in [0.2, 0.25) is 0 Å². The van der Waals surface area contributed by atoms with Crippen molar-refractivity contribution >= 4 is 29.4 Å². The van der Waals surface area contributed by atoms with Crippen LogP contribution in [0.3, 0.4) is 0 Å². The average Bonchev–Trinajstić information content (AvgIpc) is 2.70. The van der Waals surface area contributed by atoms with E-state index in [1.54, 1.807) is 0 Å². The van der Waals surface area contributed by atoms with Crippen LogP contribution in [0.4, 0.5) is 23.7 Å². The molecule has 1 unspecified atom stereocenters. The third-order valence-corrected chi connectivity index (χ3v) is 3.58. The van der Waals surface area contributed by atoms with Crippen LogP contribution in [0.1, 0.15) is 12.0 Å². The zero-order chi connectivity index (χ0) is 15.6. The first-order valence-electron chi connectivity index (χ1n) is 6.05. The maximum Gasteiger partial charge on any atom is 0.422 e. The fourth-order valence-corrected chi connectivity index (χ4v) is 2.37. The quantitative estimate of drug-likeness (QED) is 0.854. The number of thioether (sulfide) groups is 1. The number of anilines is 1. The lowest BCUT2D eigenvalue weighted by Gasteiger charge is -2.13. The van der Waals surface area contributed by atoms with Gasteiger partial charge in [0.2, 0.25) is 0 Å². The molecule has 1 aromatic rings. The zero-order valence-corrected chi connectivity index (χ0v) is 11.8. The molecule has 1 saturated heterocycles. The van der Waals surface area contributed by atoms with Crippen molar-refractivity contribution in [1.82, 2.24) is 0 Å². The largest absolute Gasteiger partial charge is 0.435 e. The molecule has 114 valence electrons. The summed E-state index contributed by atoms with van der Waals surface area (Å²) in [6.07, 6.45) is -4.24. The Morgan fingerprint density at radius 1 is 1.33 bits per heavy atom. The van der Waals surface area contributed by atoms with Gasteiger partial charge in [0.25, 0.3) is 5.91 Å². The van der Waals surface area contributed by atoms with Gasteiger partial charge in [-0.1, -0.05) is 6.07 Å². The topological polar surface area (TPSA) is 46.6 Å². The summed E-state index contributed by atoms with van der Waals surface area (Å²) in [5.74, 6) is -0.0199. The minimum absolute atomic E-state index is 0.133. The number of benzene rings is 1. The van der Waals surface area contributed by atoms with Crippen molar-refractivity contribution in [2.45, 2.75) is 18.7 Å². The average molecular weight is 319 g/mol. The predicted molar refractivity (Wildman–Crippen MR) is 72.2 cm³/mol. The summed E-state index contributed by atoms with van der Waals surface area (Å²) in [5, 5.41) is 0. The van der Waals surface area contributed by atoms with Crippen molar-refractivity contribution in [3.8, 4) is 0 Å². The van der Waals surface area contributed by atoms with Gasteiger partial charge in [0.15, 0.2) is 6.10 Å². The predicted octanol–water partition coefficient (Wildman–Crippen LogP) is 3.31. The maximum absolute atomic E-state index is 12.7. The lowest BCUT2D eigenvalue weighted by Crippen LogP contribution is -2.31. The highest BCUT2D eigenvalue weighted by molar-refractivity contribution is 7.98. The van der Waals surface area contributed by atoms with Gasteiger partial charge >= 0.3 is 12.3 Å². The molecule has 2 amide bonds. The minimum Gasteiger partial charge on any atom is -0.435 e. The summed E-state index contributed by atoms with van der Waals surface area (Å²) in [5.41, 5.74) is -1.06. The molecule has 2 rings (SSSR count). The maximum atomic E-state index is 12.7. The van der Waals surface area contributed by atoms with Crippen LogP contribution < -0.4 is 4.90 Å². The van der Waals surface area contributed by atoms with Gasteiger partial charge in [0.05, 0.1) is 11.3 Å². The summed E-state index contributed by atoms with van der Waals surface area (Å²) in [4.78, 5) is 24.4. The van der Waals surface area contributed by atoms with Crippen molar-refractivity contribution in [1.29, 1.82) is 0 Å². The summed E-state index contributed by atoms with van der Waals surface area (Å²) >= 11 is 1.48. The number of nitrogens with zero attached hydrogens (tertiary/aromatic N) is 1. The SMILES string of the molecule is CSCCC1OC(=O)N(c2cccc(C(F)(F)F)c2)C1=O. The van der Waals surface area contributed by atoms with Crippen LogP contribution in [-0.4, -0.2) is 30.1 Å². The van der Waals surface area contributed by atoms with E-state index >= 15 is 0 Å². The standard InChI is InChI=1S/C13H12F3NO3S/c1-21-6-5-10-11(18)17(12(19)20-10)9-4-2-3-8(7-9)13(14,15)16/h2-4,7,10H,5-6H2,1H3. The van der Waals surface area contributed by atoms with Gasteiger partial charge in [-0.25, -0.2) is 9.69 Å². The molecule has 4 nitrogen and oxygen atoms in total. The van der Waals surface area contributed by atoms with Gasteiger partial charge in [-0.05, 0) is 30.2 Å². The smallest absolute Gasteiger partial charge is 0.422 e. The van der Waals surface area contributed by atoms with Crippen LogP contribution in [-0.2, 0) is 15.7 Å². The van der Waals surface area contributed by atoms with Crippen LogP contribution in [0.15, 0.2) is 24.3 Å². The summed E-state index contributed by atoms with van der Waals surface area (Å²) in [7, 11) is 0. The molecule has 0 bridgehead atoms. The Kier molecular flexibility index (Phi) is 4.46. The van der Waals surface area contributed by atoms with Gasteiger partial charge in [0, 0.05) is 6.42 Å². The van der Waals surface area contributed by atoms with E-state index in [4.69, 9.17) is 4.74 Å². The fraction of sp³-hybridized carbons (Fsp3) is 0.385. The molecule has 1 aliphatic heterocycles. The molecule has 0 radical (unpaired) electrons. The van der Waals surface area contributed by atoms with E-state index in [9.17, 15) is 22.8 Å². The lowest BCUT2D eigenvalue weighted by molar-refractivity contribution is -0.137. The highest BCUT2D eigenvalue weighted by Gasteiger charge is 2.42. The first kappa shape index (κ1) is 15.7. The monoisotopic (exact) mass is 319 g/mol. The zero-order valence-electron chi connectivity index (χ0n) is 11.0. The number of alkyl halides is 3. The Morgan fingerprint density at radius 3 is 2.67 bits per heavy atom. The summed E-state index contributed by atoms with van der Waals surface area (Å²) < 4.78 is 42.9. The fourth-order valence-electron chi connectivity index (χ4n) is 1.92. The third kappa shape index (κ3) is 3.31. The van der Waals surface area contributed by atoms with Crippen LogP contribution in [0.25, 0.3) is 0 Å². The van der Waals surface area contributed by atoms with E-state index in [0.717, 1.165) is 18.2 Å². The van der Waals surface area contributed by atoms with Gasteiger partial charge in [0.1, 0.15) is 0 Å². The number of ether oxygens (including phenoxy) is 1. The molecule has 1 atom stereocenters.